The molecule has 0 unspecified atom stereocenters. The van der Waals surface area contributed by atoms with Crippen molar-refractivity contribution in [2.24, 2.45) is 0 Å². The molecule has 2 rings (SSSR count). The summed E-state index contributed by atoms with van der Waals surface area (Å²) in [5, 5.41) is 0. The Morgan fingerprint density at radius 3 is 2.35 bits per heavy atom. The van der Waals surface area contributed by atoms with E-state index >= 15 is 0 Å². The molecule has 0 atom stereocenters. The number of rotatable bonds is 4. The highest BCUT2D eigenvalue weighted by Crippen LogP contribution is 2.38. The lowest BCUT2D eigenvalue weighted by atomic mass is 9.87. The van der Waals surface area contributed by atoms with Crippen LogP contribution in [-0.4, -0.2) is 29.3 Å². The molecule has 0 spiro atoms. The summed E-state index contributed by atoms with van der Waals surface area (Å²) < 4.78 is 51.2. The van der Waals surface area contributed by atoms with Gasteiger partial charge in [-0.05, 0) is 45.4 Å². The van der Waals surface area contributed by atoms with Crippen LogP contribution in [0.4, 0.5) is 13.2 Å². The molecule has 126 valence electrons. The molecule has 0 radical (unpaired) electrons. The Morgan fingerprint density at radius 1 is 1.26 bits per heavy atom. The van der Waals surface area contributed by atoms with Gasteiger partial charge in [0.15, 0.2) is 0 Å². The second kappa shape index (κ2) is 6.16. The first-order valence-corrected chi connectivity index (χ1v) is 7.23. The first-order valence-electron chi connectivity index (χ1n) is 7.23. The highest BCUT2D eigenvalue weighted by atomic mass is 19.3. The molecule has 0 N–H and O–H groups in total. The molecule has 1 aromatic rings. The van der Waals surface area contributed by atoms with Crippen LogP contribution in [0.5, 0.6) is 0 Å². The van der Waals surface area contributed by atoms with Gasteiger partial charge >= 0.3 is 7.12 Å². The van der Waals surface area contributed by atoms with Crippen LogP contribution in [0.15, 0.2) is 28.9 Å². The predicted octanol–water partition coefficient (Wildman–Crippen LogP) is 3.06. The summed E-state index contributed by atoms with van der Waals surface area (Å²) in [6.45, 7) is 6.44. The van der Waals surface area contributed by atoms with Crippen molar-refractivity contribution in [3.63, 3.8) is 0 Å². The molecule has 1 saturated heterocycles. The third kappa shape index (κ3) is 3.87. The monoisotopic (exact) mass is 329 g/mol. The Bertz CT molecular complexity index is 654. The third-order valence-corrected chi connectivity index (χ3v) is 4.12. The Labute approximate surface area is 133 Å². The van der Waals surface area contributed by atoms with E-state index in [0.29, 0.717) is 0 Å². The van der Waals surface area contributed by atoms with Gasteiger partial charge in [0.2, 0.25) is 0 Å². The van der Waals surface area contributed by atoms with Crippen molar-refractivity contribution in [1.82, 2.24) is 4.57 Å². The number of hydrogen-bond acceptors (Lipinski definition) is 3. The predicted molar refractivity (Wildman–Crippen MR) is 81.9 cm³/mol. The van der Waals surface area contributed by atoms with E-state index in [1.165, 1.54) is 12.3 Å². The van der Waals surface area contributed by atoms with Crippen molar-refractivity contribution < 1.29 is 22.5 Å². The fourth-order valence-corrected chi connectivity index (χ4v) is 2.11. The topological polar surface area (TPSA) is 40.5 Å². The van der Waals surface area contributed by atoms with Crippen LogP contribution in [0.3, 0.4) is 0 Å². The zero-order valence-corrected chi connectivity index (χ0v) is 13.5. The van der Waals surface area contributed by atoms with Crippen molar-refractivity contribution in [3.8, 4) is 0 Å². The van der Waals surface area contributed by atoms with Crippen molar-refractivity contribution in [1.29, 1.82) is 0 Å². The molecule has 1 aliphatic heterocycles. The summed E-state index contributed by atoms with van der Waals surface area (Å²) in [5.74, 6) is 0. The lowest BCUT2D eigenvalue weighted by Crippen LogP contribution is -2.41. The van der Waals surface area contributed by atoms with Gasteiger partial charge in [0.1, 0.15) is 5.73 Å². The number of aromatic nitrogens is 1. The minimum atomic E-state index is -2.67. The van der Waals surface area contributed by atoms with Gasteiger partial charge in [-0.15, -0.1) is 0 Å². The van der Waals surface area contributed by atoms with Gasteiger partial charge in [-0.3, -0.25) is 4.79 Å². The average Bonchev–Trinajstić information content (AvgIpc) is 2.62. The van der Waals surface area contributed by atoms with Gasteiger partial charge in [0.05, 0.1) is 17.7 Å². The summed E-state index contributed by atoms with van der Waals surface area (Å²) in [6.07, 6.45) is -0.372. The van der Waals surface area contributed by atoms with E-state index in [2.05, 4.69) is 0 Å². The molecule has 0 bridgehead atoms. The lowest BCUT2D eigenvalue weighted by molar-refractivity contribution is 0.00578. The van der Waals surface area contributed by atoms with Crippen LogP contribution in [0.2, 0.25) is 0 Å². The largest absolute Gasteiger partial charge is 0.525 e. The number of pyridine rings is 1. The van der Waals surface area contributed by atoms with Crippen LogP contribution in [-0.2, 0) is 15.9 Å². The van der Waals surface area contributed by atoms with Crippen LogP contribution in [0.25, 0.3) is 6.08 Å². The van der Waals surface area contributed by atoms with Crippen molar-refractivity contribution in [2.75, 3.05) is 0 Å². The Morgan fingerprint density at radius 2 is 1.83 bits per heavy atom. The van der Waals surface area contributed by atoms with Gasteiger partial charge in [0, 0.05) is 12.3 Å². The normalized spacial score (nSPS) is 20.3. The lowest BCUT2D eigenvalue weighted by Gasteiger charge is -2.32. The van der Waals surface area contributed by atoms with Crippen molar-refractivity contribution in [3.05, 3.63) is 40.0 Å². The van der Waals surface area contributed by atoms with Crippen LogP contribution >= 0.6 is 0 Å². The fraction of sp³-hybridized carbons (Fsp3) is 0.533. The van der Waals surface area contributed by atoms with Crippen LogP contribution in [0.1, 0.15) is 33.3 Å². The molecule has 1 fully saturated rings. The SMILES string of the molecule is CC1(C)OB(C(F)=Cc2ccc(=O)n(CC(F)F)c2)OC1(C)C. The molecule has 1 aliphatic rings. The molecule has 2 heterocycles. The fourth-order valence-electron chi connectivity index (χ4n) is 2.11. The van der Waals surface area contributed by atoms with Gasteiger partial charge in [-0.1, -0.05) is 0 Å². The Balaban J connectivity index is 2.24. The van der Waals surface area contributed by atoms with E-state index in [9.17, 15) is 18.0 Å². The molecule has 4 nitrogen and oxygen atoms in total. The van der Waals surface area contributed by atoms with Gasteiger partial charge in [-0.25, -0.2) is 13.2 Å². The molecular weight excluding hydrogens is 310 g/mol. The zero-order valence-electron chi connectivity index (χ0n) is 13.5. The van der Waals surface area contributed by atoms with E-state index in [1.54, 1.807) is 27.7 Å². The summed E-state index contributed by atoms with van der Waals surface area (Å²) in [4.78, 5) is 11.5. The molecule has 0 amide bonds. The number of hydrogen-bond donors (Lipinski definition) is 0. The summed E-state index contributed by atoms with van der Waals surface area (Å²) in [6, 6.07) is 2.47. The summed E-state index contributed by atoms with van der Waals surface area (Å²) >= 11 is 0. The van der Waals surface area contributed by atoms with E-state index in [1.807, 2.05) is 0 Å². The maximum Gasteiger partial charge on any atom is 0.525 e. The van der Waals surface area contributed by atoms with Gasteiger partial charge in [-0.2, -0.15) is 0 Å². The summed E-state index contributed by atoms with van der Waals surface area (Å²) in [5.41, 5.74) is -2.35. The standard InChI is InChI=1S/C15H19BF3NO3/c1-14(2)15(3,4)23-16(22-14)11(17)7-10-5-6-13(21)20(8-10)9-12(18)19/h5-8,12H,9H2,1-4H3. The number of nitrogens with zero attached hydrogens (tertiary/aromatic N) is 1. The first kappa shape index (κ1) is 17.8. The van der Waals surface area contributed by atoms with Crippen molar-refractivity contribution in [2.45, 2.75) is 51.9 Å². The maximum atomic E-state index is 14.4. The van der Waals surface area contributed by atoms with Gasteiger partial charge in [0.25, 0.3) is 12.0 Å². The zero-order chi connectivity index (χ0) is 17.4. The van der Waals surface area contributed by atoms with E-state index in [0.717, 1.165) is 16.7 Å². The quantitative estimate of drug-likeness (QED) is 0.797. The first-order chi connectivity index (χ1) is 10.5. The molecule has 0 saturated carbocycles. The second-order valence-corrected chi connectivity index (χ2v) is 6.46. The smallest absolute Gasteiger partial charge is 0.398 e. The molecule has 1 aromatic heterocycles. The van der Waals surface area contributed by atoms with Crippen LogP contribution < -0.4 is 5.56 Å². The minimum absolute atomic E-state index is 0.275. The second-order valence-electron chi connectivity index (χ2n) is 6.46. The molecule has 0 aliphatic carbocycles. The third-order valence-electron chi connectivity index (χ3n) is 4.12. The van der Waals surface area contributed by atoms with E-state index in [-0.39, 0.29) is 5.56 Å². The summed E-state index contributed by atoms with van der Waals surface area (Å²) in [7, 11) is -1.17. The van der Waals surface area contributed by atoms with Crippen LogP contribution in [0, 0.1) is 0 Å². The Hall–Kier alpha value is -1.54. The van der Waals surface area contributed by atoms with E-state index < -0.39 is 42.6 Å². The highest BCUT2D eigenvalue weighted by molar-refractivity contribution is 6.54. The van der Waals surface area contributed by atoms with Crippen molar-refractivity contribution >= 4 is 13.2 Å². The minimum Gasteiger partial charge on any atom is -0.398 e. The van der Waals surface area contributed by atoms with E-state index in [4.69, 9.17) is 9.31 Å². The maximum absolute atomic E-state index is 14.4. The molecule has 0 aromatic carbocycles. The number of alkyl halides is 2. The average molecular weight is 329 g/mol. The highest BCUT2D eigenvalue weighted by Gasteiger charge is 2.53. The molecule has 23 heavy (non-hydrogen) atoms. The Kier molecular flexibility index (Phi) is 4.77. The van der Waals surface area contributed by atoms with Gasteiger partial charge < -0.3 is 13.9 Å². The molecule has 8 heteroatoms. The molecular formula is C15H19BF3NO3. The number of halogens is 3.